The van der Waals surface area contributed by atoms with Gasteiger partial charge >= 0.3 is 0 Å². The summed E-state index contributed by atoms with van der Waals surface area (Å²) in [7, 11) is 0. The molecular weight excluding hydrogens is 253 g/mol. The first-order chi connectivity index (χ1) is 9.61. The van der Waals surface area contributed by atoms with Crippen molar-refractivity contribution in [3.05, 3.63) is 35.6 Å². The van der Waals surface area contributed by atoms with Gasteiger partial charge in [0.25, 0.3) is 0 Å². The molecule has 0 aliphatic rings. The van der Waals surface area contributed by atoms with Gasteiger partial charge in [-0.3, -0.25) is 16.2 Å². The van der Waals surface area contributed by atoms with Gasteiger partial charge < -0.3 is 0 Å². The summed E-state index contributed by atoms with van der Waals surface area (Å²) in [5.74, 6) is 5.61. The molecule has 3 nitrogen and oxygen atoms in total. The Balaban J connectivity index is 3.32. The molecule has 0 aliphatic carbocycles. The van der Waals surface area contributed by atoms with E-state index in [-0.39, 0.29) is 17.4 Å². The molecule has 0 aromatic heterocycles. The smallest absolute Gasteiger partial charge is 0.128 e. The molecule has 0 bridgehead atoms. The maximum atomic E-state index is 14.2. The molecule has 0 spiro atoms. The number of rotatable bonds is 8. The highest BCUT2D eigenvalue weighted by atomic mass is 19.1. The number of benzene rings is 1. The zero-order valence-corrected chi connectivity index (χ0v) is 13.1. The van der Waals surface area contributed by atoms with Crippen molar-refractivity contribution in [1.82, 2.24) is 10.3 Å². The first-order valence-electron chi connectivity index (χ1n) is 7.56. The predicted molar refractivity (Wildman–Crippen MR) is 82.7 cm³/mol. The lowest BCUT2D eigenvalue weighted by Gasteiger charge is -2.47. The van der Waals surface area contributed by atoms with Gasteiger partial charge in [0.05, 0.1) is 6.04 Å². The molecule has 0 fully saturated rings. The Morgan fingerprint density at radius 1 is 1.15 bits per heavy atom. The summed E-state index contributed by atoms with van der Waals surface area (Å²) in [5.41, 5.74) is 3.33. The van der Waals surface area contributed by atoms with Gasteiger partial charge in [-0.15, -0.1) is 0 Å². The van der Waals surface area contributed by atoms with E-state index >= 15 is 0 Å². The summed E-state index contributed by atoms with van der Waals surface area (Å²) in [4.78, 5) is 2.38. The van der Waals surface area contributed by atoms with Gasteiger partial charge in [0, 0.05) is 11.1 Å². The molecule has 0 aliphatic heterocycles. The molecule has 1 rings (SSSR count). The van der Waals surface area contributed by atoms with Crippen molar-refractivity contribution < 1.29 is 4.39 Å². The van der Waals surface area contributed by atoms with Gasteiger partial charge in [0.15, 0.2) is 0 Å². The van der Waals surface area contributed by atoms with Crippen molar-refractivity contribution in [3.63, 3.8) is 0 Å². The van der Waals surface area contributed by atoms with Gasteiger partial charge in [0.2, 0.25) is 0 Å². The molecule has 0 saturated carbocycles. The van der Waals surface area contributed by atoms with Crippen LogP contribution in [0.15, 0.2) is 24.3 Å². The zero-order chi connectivity index (χ0) is 15.2. The van der Waals surface area contributed by atoms with Crippen LogP contribution in [0.3, 0.4) is 0 Å². The van der Waals surface area contributed by atoms with Gasteiger partial charge in [-0.05, 0) is 32.0 Å². The van der Waals surface area contributed by atoms with E-state index < -0.39 is 0 Å². The highest BCUT2D eigenvalue weighted by Gasteiger charge is 2.41. The molecule has 0 heterocycles. The van der Waals surface area contributed by atoms with Crippen LogP contribution in [-0.2, 0) is 0 Å². The van der Waals surface area contributed by atoms with E-state index in [0.717, 1.165) is 25.9 Å². The minimum Gasteiger partial charge on any atom is -0.296 e. The Morgan fingerprint density at radius 3 is 2.10 bits per heavy atom. The number of nitrogens with zero attached hydrogens (tertiary/aromatic N) is 1. The molecule has 1 unspecified atom stereocenters. The number of nitrogens with one attached hydrogen (secondary N) is 1. The average Bonchev–Trinajstić information content (AvgIpc) is 2.49. The van der Waals surface area contributed by atoms with E-state index in [2.05, 4.69) is 38.0 Å². The number of hydrazine groups is 1. The minimum atomic E-state index is -0.224. The Morgan fingerprint density at radius 2 is 1.70 bits per heavy atom. The lowest BCUT2D eigenvalue weighted by molar-refractivity contribution is 0.0474. The quantitative estimate of drug-likeness (QED) is 0.568. The first kappa shape index (κ1) is 17.1. The van der Waals surface area contributed by atoms with E-state index in [1.54, 1.807) is 6.07 Å². The average molecular weight is 281 g/mol. The van der Waals surface area contributed by atoms with Crippen LogP contribution in [0.2, 0.25) is 0 Å². The van der Waals surface area contributed by atoms with E-state index in [0.29, 0.717) is 5.56 Å². The molecule has 20 heavy (non-hydrogen) atoms. The van der Waals surface area contributed by atoms with E-state index in [4.69, 9.17) is 5.84 Å². The Labute approximate surface area is 122 Å². The fourth-order valence-corrected chi connectivity index (χ4v) is 3.38. The molecule has 4 heteroatoms. The molecule has 1 atom stereocenters. The first-order valence-corrected chi connectivity index (χ1v) is 7.56. The molecule has 1 aromatic carbocycles. The maximum absolute atomic E-state index is 14.2. The number of likely N-dealkylation sites (N-methyl/N-ethyl adjacent to an activating group) is 1. The van der Waals surface area contributed by atoms with E-state index in [1.807, 2.05) is 12.1 Å². The molecule has 1 aromatic rings. The molecule has 0 amide bonds. The highest BCUT2D eigenvalue weighted by Crippen LogP contribution is 2.37. The van der Waals surface area contributed by atoms with E-state index in [1.165, 1.54) is 6.07 Å². The van der Waals surface area contributed by atoms with Crippen molar-refractivity contribution >= 4 is 0 Å². The normalized spacial score (nSPS) is 13.8. The van der Waals surface area contributed by atoms with Crippen LogP contribution >= 0.6 is 0 Å². The fraction of sp³-hybridized carbons (Fsp3) is 0.625. The van der Waals surface area contributed by atoms with Gasteiger partial charge in [-0.2, -0.15) is 0 Å². The van der Waals surface area contributed by atoms with E-state index in [9.17, 15) is 4.39 Å². The summed E-state index contributed by atoms with van der Waals surface area (Å²) in [5, 5.41) is 0. The van der Waals surface area contributed by atoms with Crippen LogP contribution in [0.1, 0.15) is 52.1 Å². The summed E-state index contributed by atoms with van der Waals surface area (Å²) in [6, 6.07) is 6.67. The second kappa shape index (κ2) is 7.72. The van der Waals surface area contributed by atoms with Gasteiger partial charge in [0.1, 0.15) is 5.82 Å². The summed E-state index contributed by atoms with van der Waals surface area (Å²) < 4.78 is 14.2. The van der Waals surface area contributed by atoms with Crippen LogP contribution in [0.5, 0.6) is 0 Å². The SMILES string of the molecule is CCN(CC)C(CC)(CC)C(NN)c1ccccc1F. The second-order valence-electron chi connectivity index (χ2n) is 5.10. The molecule has 114 valence electrons. The molecule has 3 N–H and O–H groups in total. The topological polar surface area (TPSA) is 41.3 Å². The lowest BCUT2D eigenvalue weighted by Crippen LogP contribution is -2.57. The third-order valence-electron chi connectivity index (χ3n) is 4.54. The van der Waals surface area contributed by atoms with Crippen LogP contribution < -0.4 is 11.3 Å². The molecule has 0 radical (unpaired) electrons. The second-order valence-corrected chi connectivity index (χ2v) is 5.10. The number of hydrogen-bond donors (Lipinski definition) is 2. The third-order valence-corrected chi connectivity index (χ3v) is 4.54. The lowest BCUT2D eigenvalue weighted by atomic mass is 9.79. The van der Waals surface area contributed by atoms with Crippen LogP contribution in [0, 0.1) is 5.82 Å². The maximum Gasteiger partial charge on any atom is 0.128 e. The summed E-state index contributed by atoms with van der Waals surface area (Å²) in [6.07, 6.45) is 1.82. The van der Waals surface area contributed by atoms with Crippen molar-refractivity contribution in [2.24, 2.45) is 5.84 Å². The van der Waals surface area contributed by atoms with Crippen molar-refractivity contribution in [3.8, 4) is 0 Å². The number of halogens is 1. The minimum absolute atomic E-state index is 0.180. The zero-order valence-electron chi connectivity index (χ0n) is 13.1. The molecular formula is C16H28FN3. The van der Waals surface area contributed by atoms with Crippen molar-refractivity contribution in [1.29, 1.82) is 0 Å². The fourth-order valence-electron chi connectivity index (χ4n) is 3.38. The van der Waals surface area contributed by atoms with Crippen molar-refractivity contribution in [2.75, 3.05) is 13.1 Å². The predicted octanol–water partition coefficient (Wildman–Crippen LogP) is 3.23. The van der Waals surface area contributed by atoms with Gasteiger partial charge in [-0.1, -0.05) is 45.9 Å². The van der Waals surface area contributed by atoms with Crippen molar-refractivity contribution in [2.45, 2.75) is 52.1 Å². The number of hydrogen-bond acceptors (Lipinski definition) is 3. The van der Waals surface area contributed by atoms with Crippen LogP contribution in [0.4, 0.5) is 4.39 Å². The van der Waals surface area contributed by atoms with Crippen LogP contribution in [-0.4, -0.2) is 23.5 Å². The largest absolute Gasteiger partial charge is 0.296 e. The standard InChI is InChI=1S/C16H28FN3/c1-5-16(6-2,20(7-3)8-4)15(19-18)13-11-9-10-12-14(13)17/h9-12,15,19H,5-8,18H2,1-4H3. The molecule has 0 saturated heterocycles. The summed E-state index contributed by atoms with van der Waals surface area (Å²) >= 11 is 0. The Kier molecular flexibility index (Phi) is 6.59. The van der Waals surface area contributed by atoms with Gasteiger partial charge in [-0.25, -0.2) is 4.39 Å². The van der Waals surface area contributed by atoms with Crippen LogP contribution in [0.25, 0.3) is 0 Å². The highest BCUT2D eigenvalue weighted by molar-refractivity contribution is 5.25. The Bertz CT molecular complexity index is 400. The summed E-state index contributed by atoms with van der Waals surface area (Å²) in [6.45, 7) is 10.4. The monoisotopic (exact) mass is 281 g/mol. The third kappa shape index (κ3) is 3.03. The Hall–Kier alpha value is -0.970. The number of nitrogens with two attached hydrogens (primary N) is 1.